The van der Waals surface area contributed by atoms with Crippen LogP contribution in [0.5, 0.6) is 0 Å². The second-order valence-electron chi connectivity index (χ2n) is 5.32. The topological polar surface area (TPSA) is 78.9 Å². The van der Waals surface area contributed by atoms with Gasteiger partial charge in [-0.15, -0.1) is 0 Å². The molecule has 0 heterocycles. The number of ether oxygens (including phenoxy) is 3. The van der Waals surface area contributed by atoms with Crippen LogP contribution < -0.4 is 0 Å². The van der Waals surface area contributed by atoms with Gasteiger partial charge in [-0.2, -0.15) is 8.78 Å². The number of alkyl halides is 2. The number of halogens is 2. The lowest BCUT2D eigenvalue weighted by Gasteiger charge is -2.22. The normalized spacial score (nSPS) is 15.6. The molecule has 0 unspecified atom stereocenters. The molecular weight excluding hydrogens is 314 g/mol. The molecule has 0 aromatic heterocycles. The van der Waals surface area contributed by atoms with Gasteiger partial charge in [-0.25, -0.2) is 9.59 Å². The lowest BCUT2D eigenvalue weighted by atomic mass is 9.89. The maximum Gasteiger partial charge on any atom is 0.504 e. The lowest BCUT2D eigenvalue weighted by molar-refractivity contribution is -0.247. The van der Waals surface area contributed by atoms with Crippen molar-refractivity contribution in [3.8, 4) is 0 Å². The van der Waals surface area contributed by atoms with Crippen LogP contribution >= 0.6 is 0 Å². The standard InChI is InChI=1S/C15H20F2O6/c1-10(2)12(18)21-8-9-22-14(20)15(16,17)23-13(19)11-6-4-3-5-7-11/h11H,1,3-9H2,2H3. The van der Waals surface area contributed by atoms with E-state index in [2.05, 4.69) is 20.8 Å². The van der Waals surface area contributed by atoms with E-state index < -0.39 is 43.1 Å². The van der Waals surface area contributed by atoms with Crippen molar-refractivity contribution < 1.29 is 37.4 Å². The minimum absolute atomic E-state index is 0.128. The summed E-state index contributed by atoms with van der Waals surface area (Å²) in [5, 5.41) is 0. The Kier molecular flexibility index (Phi) is 7.12. The molecular formula is C15H20F2O6. The Morgan fingerprint density at radius 3 is 2.22 bits per heavy atom. The van der Waals surface area contributed by atoms with Gasteiger partial charge in [0.25, 0.3) is 0 Å². The Balaban J connectivity index is 2.36. The fourth-order valence-electron chi connectivity index (χ4n) is 2.07. The van der Waals surface area contributed by atoms with Crippen LogP contribution in [0, 0.1) is 5.92 Å². The van der Waals surface area contributed by atoms with Gasteiger partial charge in [-0.1, -0.05) is 25.8 Å². The van der Waals surface area contributed by atoms with Crippen LogP contribution in [0.1, 0.15) is 39.0 Å². The monoisotopic (exact) mass is 334 g/mol. The largest absolute Gasteiger partial charge is 0.504 e. The molecule has 0 atom stereocenters. The van der Waals surface area contributed by atoms with Gasteiger partial charge in [0, 0.05) is 5.57 Å². The molecule has 1 saturated carbocycles. The highest BCUT2D eigenvalue weighted by Crippen LogP contribution is 2.28. The van der Waals surface area contributed by atoms with Gasteiger partial charge in [-0.3, -0.25) is 4.79 Å². The summed E-state index contributed by atoms with van der Waals surface area (Å²) in [6, 6.07) is 0. The van der Waals surface area contributed by atoms with Gasteiger partial charge in [0.15, 0.2) is 0 Å². The fourth-order valence-corrected chi connectivity index (χ4v) is 2.07. The van der Waals surface area contributed by atoms with Gasteiger partial charge in [0.05, 0.1) is 5.92 Å². The highest BCUT2D eigenvalue weighted by molar-refractivity contribution is 5.87. The molecule has 1 rings (SSSR count). The van der Waals surface area contributed by atoms with Crippen LogP contribution in [0.4, 0.5) is 8.78 Å². The van der Waals surface area contributed by atoms with Crippen molar-refractivity contribution in [2.75, 3.05) is 13.2 Å². The summed E-state index contributed by atoms with van der Waals surface area (Å²) < 4.78 is 39.8. The van der Waals surface area contributed by atoms with Crippen LogP contribution in [0.3, 0.4) is 0 Å². The first kappa shape index (κ1) is 19.1. The van der Waals surface area contributed by atoms with E-state index in [1.54, 1.807) is 0 Å². The Morgan fingerprint density at radius 2 is 1.65 bits per heavy atom. The maximum atomic E-state index is 13.5. The lowest BCUT2D eigenvalue weighted by Crippen LogP contribution is -2.38. The predicted molar refractivity (Wildman–Crippen MR) is 74.3 cm³/mol. The van der Waals surface area contributed by atoms with E-state index in [0.29, 0.717) is 12.8 Å². The van der Waals surface area contributed by atoms with Gasteiger partial charge in [0.1, 0.15) is 13.2 Å². The zero-order valence-corrected chi connectivity index (χ0v) is 12.9. The van der Waals surface area contributed by atoms with Crippen molar-refractivity contribution >= 4 is 17.9 Å². The summed E-state index contributed by atoms with van der Waals surface area (Å²) >= 11 is 0. The van der Waals surface area contributed by atoms with Crippen LogP contribution in [0.2, 0.25) is 0 Å². The number of rotatable bonds is 7. The molecule has 0 aromatic carbocycles. The quantitative estimate of drug-likeness (QED) is 0.308. The van der Waals surface area contributed by atoms with Gasteiger partial charge in [-0.05, 0) is 19.8 Å². The van der Waals surface area contributed by atoms with Gasteiger partial charge >= 0.3 is 24.0 Å². The second-order valence-corrected chi connectivity index (χ2v) is 5.32. The highest BCUT2D eigenvalue weighted by atomic mass is 19.3. The van der Waals surface area contributed by atoms with E-state index in [1.165, 1.54) is 6.92 Å². The second kappa shape index (κ2) is 8.59. The molecule has 23 heavy (non-hydrogen) atoms. The molecule has 0 N–H and O–H groups in total. The number of esters is 3. The molecule has 0 amide bonds. The maximum absolute atomic E-state index is 13.5. The van der Waals surface area contributed by atoms with Crippen LogP contribution in [0.15, 0.2) is 12.2 Å². The molecule has 0 spiro atoms. The first-order chi connectivity index (χ1) is 10.7. The Morgan fingerprint density at radius 1 is 1.09 bits per heavy atom. The van der Waals surface area contributed by atoms with Crippen molar-refractivity contribution in [1.82, 2.24) is 0 Å². The molecule has 0 bridgehead atoms. The fraction of sp³-hybridized carbons (Fsp3) is 0.667. The van der Waals surface area contributed by atoms with Crippen LogP contribution in [0.25, 0.3) is 0 Å². The van der Waals surface area contributed by atoms with Crippen molar-refractivity contribution in [2.24, 2.45) is 5.92 Å². The van der Waals surface area contributed by atoms with E-state index in [-0.39, 0.29) is 5.57 Å². The molecule has 0 aliphatic heterocycles. The Hall–Kier alpha value is -1.99. The van der Waals surface area contributed by atoms with Crippen molar-refractivity contribution in [2.45, 2.75) is 45.1 Å². The third kappa shape index (κ3) is 6.33. The van der Waals surface area contributed by atoms with Crippen LogP contribution in [-0.2, 0) is 28.6 Å². The summed E-state index contributed by atoms with van der Waals surface area (Å²) in [4.78, 5) is 33.9. The van der Waals surface area contributed by atoms with E-state index in [9.17, 15) is 23.2 Å². The Bertz CT molecular complexity index is 469. The van der Waals surface area contributed by atoms with Crippen LogP contribution in [-0.4, -0.2) is 37.2 Å². The molecule has 130 valence electrons. The van der Waals surface area contributed by atoms with E-state index in [1.807, 2.05) is 0 Å². The molecule has 0 saturated heterocycles. The third-order valence-electron chi connectivity index (χ3n) is 3.30. The molecule has 1 aliphatic rings. The summed E-state index contributed by atoms with van der Waals surface area (Å²) in [5.41, 5.74) is 0.128. The first-order valence-electron chi connectivity index (χ1n) is 7.34. The average molecular weight is 334 g/mol. The minimum atomic E-state index is -4.35. The molecule has 0 aromatic rings. The summed E-state index contributed by atoms with van der Waals surface area (Å²) in [7, 11) is 0. The number of carbonyl (C=O) groups is 3. The molecule has 1 fully saturated rings. The zero-order chi connectivity index (χ0) is 17.5. The van der Waals surface area contributed by atoms with Gasteiger partial charge in [0.2, 0.25) is 0 Å². The van der Waals surface area contributed by atoms with Gasteiger partial charge < -0.3 is 14.2 Å². The highest BCUT2D eigenvalue weighted by Gasteiger charge is 2.47. The summed E-state index contributed by atoms with van der Waals surface area (Å²) in [6.07, 6.45) is -0.923. The van der Waals surface area contributed by atoms with E-state index in [0.717, 1.165) is 19.3 Å². The molecule has 8 heteroatoms. The first-order valence-corrected chi connectivity index (χ1v) is 7.34. The van der Waals surface area contributed by atoms with Crippen molar-refractivity contribution in [1.29, 1.82) is 0 Å². The minimum Gasteiger partial charge on any atom is -0.459 e. The third-order valence-corrected chi connectivity index (χ3v) is 3.30. The average Bonchev–Trinajstić information content (AvgIpc) is 2.51. The molecule has 6 nitrogen and oxygen atoms in total. The zero-order valence-electron chi connectivity index (χ0n) is 12.9. The number of carbonyl (C=O) groups excluding carboxylic acids is 3. The summed E-state index contributed by atoms with van der Waals surface area (Å²) in [6.45, 7) is 3.76. The number of hydrogen-bond acceptors (Lipinski definition) is 6. The predicted octanol–water partition coefficient (Wildman–Crippen LogP) is 2.37. The summed E-state index contributed by atoms with van der Waals surface area (Å²) in [5.74, 6) is -4.43. The molecule has 0 radical (unpaired) electrons. The SMILES string of the molecule is C=C(C)C(=O)OCCOC(=O)C(F)(F)OC(=O)C1CCCCC1. The molecule has 1 aliphatic carbocycles. The van der Waals surface area contributed by atoms with Crippen molar-refractivity contribution in [3.05, 3.63) is 12.2 Å². The van der Waals surface area contributed by atoms with E-state index in [4.69, 9.17) is 0 Å². The van der Waals surface area contributed by atoms with E-state index >= 15 is 0 Å². The number of hydrogen-bond donors (Lipinski definition) is 0. The Labute approximate surface area is 132 Å². The van der Waals surface area contributed by atoms with Crippen molar-refractivity contribution in [3.63, 3.8) is 0 Å². The smallest absolute Gasteiger partial charge is 0.459 e.